The lowest BCUT2D eigenvalue weighted by molar-refractivity contribution is -0.125. The van der Waals surface area contributed by atoms with Crippen molar-refractivity contribution in [3.63, 3.8) is 0 Å². The van der Waals surface area contributed by atoms with Gasteiger partial charge in [-0.25, -0.2) is 4.98 Å². The van der Waals surface area contributed by atoms with Crippen LogP contribution < -0.4 is 5.32 Å². The topological polar surface area (TPSA) is 51.2 Å². The Morgan fingerprint density at radius 2 is 2.24 bits per heavy atom. The number of amides is 1. The summed E-state index contributed by atoms with van der Waals surface area (Å²) in [6.07, 6.45) is 1.56. The lowest BCUT2D eigenvalue weighted by Gasteiger charge is -2.19. The number of aromatic nitrogens is 1. The first-order chi connectivity index (χ1) is 7.78. The van der Waals surface area contributed by atoms with Crippen molar-refractivity contribution in [2.24, 2.45) is 0 Å². The summed E-state index contributed by atoms with van der Waals surface area (Å²) >= 11 is 9.10. The number of anilines is 1. The van der Waals surface area contributed by atoms with Gasteiger partial charge in [-0.1, -0.05) is 11.6 Å². The Bertz CT molecular complexity index is 418. The van der Waals surface area contributed by atoms with Crippen LogP contribution in [0.2, 0.25) is 5.15 Å². The number of pyridine rings is 1. The summed E-state index contributed by atoms with van der Waals surface area (Å²) in [5.41, 5.74) is 0.111. The number of nitrogens with zero attached hydrogens (tertiary/aromatic N) is 1. The summed E-state index contributed by atoms with van der Waals surface area (Å²) in [5.74, 6) is -0.262. The molecule has 0 bridgehead atoms. The molecule has 4 nitrogen and oxygen atoms in total. The third-order valence-electron chi connectivity index (χ3n) is 1.72. The largest absolute Gasteiger partial charge is 0.366 e. The first-order valence-electron chi connectivity index (χ1n) is 5.03. The van der Waals surface area contributed by atoms with E-state index in [1.165, 1.54) is 0 Å². The molecule has 1 rings (SSSR count). The molecule has 6 heteroatoms. The Hall–Kier alpha value is -0.650. The van der Waals surface area contributed by atoms with Gasteiger partial charge < -0.3 is 10.1 Å². The Morgan fingerprint density at radius 3 is 2.82 bits per heavy atom. The number of carbonyl (C=O) groups is 1. The molecular weight excluding hydrogens is 307 g/mol. The smallest absolute Gasteiger partial charge is 0.250 e. The Labute approximate surface area is 114 Å². The van der Waals surface area contributed by atoms with E-state index in [-0.39, 0.29) is 23.3 Å². The molecule has 0 spiro atoms. The third kappa shape index (κ3) is 5.48. The zero-order valence-electron chi connectivity index (χ0n) is 9.88. The van der Waals surface area contributed by atoms with Crippen LogP contribution in [0.15, 0.2) is 16.7 Å². The van der Waals surface area contributed by atoms with Crippen LogP contribution >= 0.6 is 27.5 Å². The van der Waals surface area contributed by atoms with Gasteiger partial charge in [0.2, 0.25) is 5.91 Å². The van der Waals surface area contributed by atoms with Gasteiger partial charge in [-0.2, -0.15) is 0 Å². The van der Waals surface area contributed by atoms with Gasteiger partial charge in [0, 0.05) is 10.7 Å². The number of hydrogen-bond donors (Lipinski definition) is 1. The molecule has 0 saturated heterocycles. The molecule has 0 atom stereocenters. The van der Waals surface area contributed by atoms with E-state index in [9.17, 15) is 4.79 Å². The van der Waals surface area contributed by atoms with E-state index >= 15 is 0 Å². The summed E-state index contributed by atoms with van der Waals surface area (Å²) < 4.78 is 6.09. The highest BCUT2D eigenvalue weighted by Crippen LogP contribution is 2.22. The second-order valence-corrected chi connectivity index (χ2v) is 5.71. The fraction of sp³-hybridized carbons (Fsp3) is 0.455. The zero-order valence-corrected chi connectivity index (χ0v) is 12.2. The average molecular weight is 322 g/mol. The molecule has 1 aromatic rings. The van der Waals surface area contributed by atoms with Crippen LogP contribution in [0.1, 0.15) is 20.8 Å². The van der Waals surface area contributed by atoms with Gasteiger partial charge in [-0.3, -0.25) is 4.79 Å². The van der Waals surface area contributed by atoms with Crippen LogP contribution in [0.5, 0.6) is 0 Å². The molecule has 0 aliphatic carbocycles. The molecule has 0 fully saturated rings. The van der Waals surface area contributed by atoms with Gasteiger partial charge in [0.1, 0.15) is 6.61 Å². The number of halogens is 2. The van der Waals surface area contributed by atoms with Gasteiger partial charge in [-0.15, -0.1) is 0 Å². The normalized spacial score (nSPS) is 11.4. The first kappa shape index (κ1) is 14.4. The Morgan fingerprint density at radius 1 is 1.59 bits per heavy atom. The highest BCUT2D eigenvalue weighted by molar-refractivity contribution is 9.10. The second-order valence-electron chi connectivity index (χ2n) is 4.44. The van der Waals surface area contributed by atoms with Crippen LogP contribution in [-0.4, -0.2) is 23.1 Å². The van der Waals surface area contributed by atoms with Gasteiger partial charge in [0.25, 0.3) is 0 Å². The SMILES string of the molecule is CC(C)(C)OCC(=O)Nc1cc(Br)cnc1Cl. The Balaban J connectivity index is 2.59. The maximum absolute atomic E-state index is 11.6. The first-order valence-corrected chi connectivity index (χ1v) is 6.20. The number of hydrogen-bond acceptors (Lipinski definition) is 3. The van der Waals surface area contributed by atoms with Gasteiger partial charge in [0.05, 0.1) is 11.3 Å². The second kappa shape index (κ2) is 5.80. The van der Waals surface area contributed by atoms with Crippen molar-refractivity contribution in [2.75, 3.05) is 11.9 Å². The fourth-order valence-electron chi connectivity index (χ4n) is 0.979. The van der Waals surface area contributed by atoms with Gasteiger partial charge in [0.15, 0.2) is 5.15 Å². The molecule has 1 aromatic heterocycles. The van der Waals surface area contributed by atoms with E-state index in [0.29, 0.717) is 5.69 Å². The molecule has 94 valence electrons. The summed E-state index contributed by atoms with van der Waals surface area (Å²) in [6, 6.07) is 1.68. The molecule has 0 aliphatic rings. The molecule has 17 heavy (non-hydrogen) atoms. The maximum Gasteiger partial charge on any atom is 0.250 e. The van der Waals surface area contributed by atoms with E-state index in [0.717, 1.165) is 4.47 Å². The zero-order chi connectivity index (χ0) is 13.1. The van der Waals surface area contributed by atoms with Crippen LogP contribution in [0.4, 0.5) is 5.69 Å². The van der Waals surface area contributed by atoms with E-state index in [2.05, 4.69) is 26.2 Å². The van der Waals surface area contributed by atoms with Crippen molar-refractivity contribution in [3.8, 4) is 0 Å². The predicted molar refractivity (Wildman–Crippen MR) is 71.3 cm³/mol. The summed E-state index contributed by atoms with van der Waals surface area (Å²) in [4.78, 5) is 15.5. The average Bonchev–Trinajstić information content (AvgIpc) is 2.20. The quantitative estimate of drug-likeness (QED) is 0.869. The van der Waals surface area contributed by atoms with Crippen molar-refractivity contribution in [1.29, 1.82) is 0 Å². The van der Waals surface area contributed by atoms with Crippen LogP contribution in [0.25, 0.3) is 0 Å². The number of nitrogens with one attached hydrogen (secondary N) is 1. The number of ether oxygens (including phenoxy) is 1. The minimum absolute atomic E-state index is 0.0215. The van der Waals surface area contributed by atoms with Gasteiger partial charge in [-0.05, 0) is 42.8 Å². The van der Waals surface area contributed by atoms with Crippen molar-refractivity contribution >= 4 is 39.1 Å². The molecule has 0 saturated carbocycles. The minimum Gasteiger partial charge on any atom is -0.366 e. The monoisotopic (exact) mass is 320 g/mol. The van der Waals surface area contributed by atoms with E-state index in [4.69, 9.17) is 16.3 Å². The lowest BCUT2D eigenvalue weighted by Crippen LogP contribution is -2.27. The Kier molecular flexibility index (Phi) is 4.91. The fourth-order valence-corrected chi connectivity index (χ4v) is 1.46. The van der Waals surface area contributed by atoms with E-state index < -0.39 is 0 Å². The summed E-state index contributed by atoms with van der Waals surface area (Å²) in [7, 11) is 0. The summed E-state index contributed by atoms with van der Waals surface area (Å²) in [6.45, 7) is 5.63. The molecule has 0 aliphatic heterocycles. The van der Waals surface area contributed by atoms with Crippen LogP contribution in [0, 0.1) is 0 Å². The van der Waals surface area contributed by atoms with Crippen molar-refractivity contribution in [3.05, 3.63) is 21.9 Å². The van der Waals surface area contributed by atoms with E-state index in [1.54, 1.807) is 12.3 Å². The molecule has 0 radical (unpaired) electrons. The number of rotatable bonds is 3. The molecule has 1 N–H and O–H groups in total. The molecule has 0 unspecified atom stereocenters. The highest BCUT2D eigenvalue weighted by Gasteiger charge is 2.14. The van der Waals surface area contributed by atoms with Crippen LogP contribution in [0.3, 0.4) is 0 Å². The molecule has 1 amide bonds. The molecule has 1 heterocycles. The minimum atomic E-state index is -0.351. The van der Waals surface area contributed by atoms with Crippen molar-refractivity contribution < 1.29 is 9.53 Å². The van der Waals surface area contributed by atoms with Crippen LogP contribution in [-0.2, 0) is 9.53 Å². The third-order valence-corrected chi connectivity index (χ3v) is 2.45. The summed E-state index contributed by atoms with van der Waals surface area (Å²) in [5, 5.41) is 2.88. The number of carbonyl (C=O) groups excluding carboxylic acids is 1. The van der Waals surface area contributed by atoms with E-state index in [1.807, 2.05) is 20.8 Å². The predicted octanol–water partition coefficient (Wildman–Crippen LogP) is 3.25. The lowest BCUT2D eigenvalue weighted by atomic mass is 10.2. The van der Waals surface area contributed by atoms with Crippen molar-refractivity contribution in [2.45, 2.75) is 26.4 Å². The highest BCUT2D eigenvalue weighted by atomic mass is 79.9. The van der Waals surface area contributed by atoms with Crippen molar-refractivity contribution in [1.82, 2.24) is 4.98 Å². The molecule has 0 aromatic carbocycles. The standard InChI is InChI=1S/C11H14BrClN2O2/c1-11(2,3)17-6-9(16)15-8-4-7(12)5-14-10(8)13/h4-5H,6H2,1-3H3,(H,15,16). The maximum atomic E-state index is 11.6. The van der Waals surface area contributed by atoms with Gasteiger partial charge >= 0.3 is 0 Å². The molecular formula is C11H14BrClN2O2.